The van der Waals surface area contributed by atoms with Crippen LogP contribution in [-0.4, -0.2) is 41.2 Å². The van der Waals surface area contributed by atoms with Crippen LogP contribution in [0.2, 0.25) is 0 Å². The minimum atomic E-state index is -1.13. The highest BCUT2D eigenvalue weighted by Gasteiger charge is 2.38. The predicted molar refractivity (Wildman–Crippen MR) is 98.2 cm³/mol. The molecule has 2 aliphatic rings. The minimum absolute atomic E-state index is 0.105. The number of imide groups is 1. The van der Waals surface area contributed by atoms with E-state index in [1.807, 2.05) is 0 Å². The van der Waals surface area contributed by atoms with Crippen LogP contribution in [0.15, 0.2) is 54.6 Å². The highest BCUT2D eigenvalue weighted by atomic mass is 16.5. The molecule has 0 saturated heterocycles. The van der Waals surface area contributed by atoms with Crippen LogP contribution in [0.3, 0.4) is 0 Å². The number of nitrogens with zero attached hydrogens (tertiary/aromatic N) is 1. The maximum Gasteiger partial charge on any atom is 0.327 e. The Morgan fingerprint density at radius 3 is 2.11 bits per heavy atom. The lowest BCUT2D eigenvalue weighted by Gasteiger charge is -2.20. The van der Waals surface area contributed by atoms with Crippen LogP contribution >= 0.6 is 0 Å². The van der Waals surface area contributed by atoms with Crippen LogP contribution in [0.25, 0.3) is 0 Å². The summed E-state index contributed by atoms with van der Waals surface area (Å²) < 4.78 is 5.39. The van der Waals surface area contributed by atoms with Crippen LogP contribution in [0.1, 0.15) is 45.2 Å². The molecular formula is C21H18N2O5. The van der Waals surface area contributed by atoms with Gasteiger partial charge in [0, 0.05) is 11.6 Å². The van der Waals surface area contributed by atoms with Crippen molar-refractivity contribution in [2.24, 2.45) is 0 Å². The number of esters is 1. The smallest absolute Gasteiger partial charge is 0.327 e. The molecule has 2 aromatic carbocycles. The van der Waals surface area contributed by atoms with E-state index in [9.17, 15) is 19.2 Å². The summed E-state index contributed by atoms with van der Waals surface area (Å²) in [6.45, 7) is -0.549. The van der Waals surface area contributed by atoms with Crippen molar-refractivity contribution in [3.63, 3.8) is 0 Å². The number of nitrogens with one attached hydrogen (secondary N) is 1. The van der Waals surface area contributed by atoms with E-state index in [2.05, 4.69) is 5.32 Å². The minimum Gasteiger partial charge on any atom is -0.446 e. The third kappa shape index (κ3) is 3.51. The van der Waals surface area contributed by atoms with E-state index in [0.717, 1.165) is 17.7 Å². The Kier molecular flexibility index (Phi) is 4.65. The summed E-state index contributed by atoms with van der Waals surface area (Å²) in [5, 5.41) is 2.82. The van der Waals surface area contributed by atoms with E-state index in [1.54, 1.807) is 42.5 Å². The fraction of sp³-hybridized carbons (Fsp3) is 0.238. The summed E-state index contributed by atoms with van der Waals surface area (Å²) in [5.41, 5.74) is 1.04. The third-order valence-corrected chi connectivity index (χ3v) is 4.68. The Bertz CT molecular complexity index is 917. The number of hydrogen-bond donors (Lipinski definition) is 1. The van der Waals surface area contributed by atoms with Crippen LogP contribution in [-0.2, 0) is 14.3 Å². The van der Waals surface area contributed by atoms with Gasteiger partial charge in [-0.05, 0) is 25.0 Å². The van der Waals surface area contributed by atoms with E-state index < -0.39 is 36.3 Å². The largest absolute Gasteiger partial charge is 0.446 e. The van der Waals surface area contributed by atoms with Gasteiger partial charge in [-0.2, -0.15) is 0 Å². The molecule has 1 unspecified atom stereocenters. The van der Waals surface area contributed by atoms with Crippen LogP contribution in [0, 0.1) is 0 Å². The monoisotopic (exact) mass is 378 g/mol. The molecule has 1 aliphatic heterocycles. The Balaban J connectivity index is 1.48. The molecule has 1 atom stereocenters. The second-order valence-corrected chi connectivity index (χ2v) is 6.81. The van der Waals surface area contributed by atoms with Crippen LogP contribution in [0.4, 0.5) is 0 Å². The number of benzene rings is 2. The van der Waals surface area contributed by atoms with Gasteiger partial charge >= 0.3 is 5.97 Å². The average Bonchev–Trinajstić information content (AvgIpc) is 3.50. The van der Waals surface area contributed by atoms with Gasteiger partial charge in [0.05, 0.1) is 11.1 Å². The Morgan fingerprint density at radius 1 is 0.964 bits per heavy atom. The van der Waals surface area contributed by atoms with Crippen molar-refractivity contribution >= 4 is 23.7 Å². The molecule has 1 N–H and O–H groups in total. The van der Waals surface area contributed by atoms with Crippen LogP contribution < -0.4 is 5.32 Å². The van der Waals surface area contributed by atoms with Gasteiger partial charge in [-0.25, -0.2) is 0 Å². The molecule has 7 heteroatoms. The maximum atomic E-state index is 12.5. The molecule has 0 bridgehead atoms. The first-order valence-electron chi connectivity index (χ1n) is 9.04. The number of fused-ring (bicyclic) bond motifs is 1. The van der Waals surface area contributed by atoms with Crippen molar-refractivity contribution in [3.05, 3.63) is 71.3 Å². The molecule has 0 radical (unpaired) electrons. The molecule has 0 spiro atoms. The summed E-state index contributed by atoms with van der Waals surface area (Å²) in [4.78, 5) is 50.7. The van der Waals surface area contributed by atoms with Gasteiger partial charge < -0.3 is 10.1 Å². The van der Waals surface area contributed by atoms with E-state index in [0.29, 0.717) is 5.56 Å². The van der Waals surface area contributed by atoms with E-state index in [-0.39, 0.29) is 17.2 Å². The summed E-state index contributed by atoms with van der Waals surface area (Å²) in [6, 6.07) is 15.1. The van der Waals surface area contributed by atoms with Crippen molar-refractivity contribution in [1.82, 2.24) is 10.2 Å². The first-order chi connectivity index (χ1) is 13.5. The number of carbonyl (C=O) groups excluding carboxylic acids is 4. The number of rotatable bonds is 6. The molecule has 1 aliphatic carbocycles. The molecular weight excluding hydrogens is 360 g/mol. The highest BCUT2D eigenvalue weighted by Crippen LogP contribution is 2.25. The Morgan fingerprint density at radius 2 is 1.54 bits per heavy atom. The number of hydrogen-bond acceptors (Lipinski definition) is 5. The number of ether oxygens (including phenoxy) is 1. The summed E-state index contributed by atoms with van der Waals surface area (Å²) in [7, 11) is 0. The standard InChI is InChI=1S/C21H18N2O5/c24-17(12-23-20(26)15-8-4-5-9-16(15)21(23)27)28-18(13-6-2-1-3-7-13)19(25)22-14-10-11-14/h1-9,14,18H,10-12H2,(H,22,25). The van der Waals surface area contributed by atoms with E-state index >= 15 is 0 Å². The van der Waals surface area contributed by atoms with Gasteiger partial charge in [0.2, 0.25) is 6.10 Å². The van der Waals surface area contributed by atoms with Gasteiger partial charge in [0.25, 0.3) is 17.7 Å². The lowest BCUT2D eigenvalue weighted by atomic mass is 10.1. The summed E-state index contributed by atoms with van der Waals surface area (Å²) in [6.07, 6.45) is 0.663. The van der Waals surface area contributed by atoms with E-state index in [1.165, 1.54) is 12.1 Å². The second-order valence-electron chi connectivity index (χ2n) is 6.81. The Hall–Kier alpha value is -3.48. The van der Waals surface area contributed by atoms with Crippen LogP contribution in [0.5, 0.6) is 0 Å². The van der Waals surface area contributed by atoms with Crippen molar-refractivity contribution < 1.29 is 23.9 Å². The van der Waals surface area contributed by atoms with Gasteiger partial charge in [-0.3, -0.25) is 24.1 Å². The van der Waals surface area contributed by atoms with Gasteiger partial charge in [0.15, 0.2) is 0 Å². The molecule has 1 fully saturated rings. The molecule has 28 heavy (non-hydrogen) atoms. The summed E-state index contributed by atoms with van der Waals surface area (Å²) >= 11 is 0. The topological polar surface area (TPSA) is 92.8 Å². The molecule has 1 saturated carbocycles. The average molecular weight is 378 g/mol. The van der Waals surface area contributed by atoms with Gasteiger partial charge in [0.1, 0.15) is 6.54 Å². The number of carbonyl (C=O) groups is 4. The molecule has 0 aromatic heterocycles. The fourth-order valence-corrected chi connectivity index (χ4v) is 3.09. The predicted octanol–water partition coefficient (Wildman–Crippen LogP) is 1.85. The zero-order valence-electron chi connectivity index (χ0n) is 15.0. The molecule has 142 valence electrons. The Labute approximate surface area is 161 Å². The third-order valence-electron chi connectivity index (χ3n) is 4.68. The zero-order chi connectivity index (χ0) is 19.7. The first-order valence-corrected chi connectivity index (χ1v) is 9.04. The first kappa shape index (κ1) is 17.9. The molecule has 1 heterocycles. The number of amides is 3. The zero-order valence-corrected chi connectivity index (χ0v) is 15.0. The van der Waals surface area contributed by atoms with Crippen molar-refractivity contribution in [2.45, 2.75) is 25.0 Å². The molecule has 3 amide bonds. The van der Waals surface area contributed by atoms with Crippen molar-refractivity contribution in [3.8, 4) is 0 Å². The second kappa shape index (κ2) is 7.26. The summed E-state index contributed by atoms with van der Waals surface area (Å²) in [5.74, 6) is -2.33. The van der Waals surface area contributed by atoms with Gasteiger partial charge in [-0.15, -0.1) is 0 Å². The lowest BCUT2D eigenvalue weighted by molar-refractivity contribution is -0.156. The molecule has 4 rings (SSSR count). The van der Waals surface area contributed by atoms with Crippen molar-refractivity contribution in [1.29, 1.82) is 0 Å². The lowest BCUT2D eigenvalue weighted by Crippen LogP contribution is -2.38. The molecule has 7 nitrogen and oxygen atoms in total. The quantitative estimate of drug-likeness (QED) is 0.612. The van der Waals surface area contributed by atoms with Gasteiger partial charge in [-0.1, -0.05) is 42.5 Å². The SMILES string of the molecule is O=C(CN1C(=O)c2ccccc2C1=O)OC(C(=O)NC1CC1)c1ccccc1. The maximum absolute atomic E-state index is 12.5. The highest BCUT2D eigenvalue weighted by molar-refractivity contribution is 6.22. The fourth-order valence-electron chi connectivity index (χ4n) is 3.09. The van der Waals surface area contributed by atoms with E-state index in [4.69, 9.17) is 4.74 Å². The normalized spacial score (nSPS) is 16.5. The van der Waals surface area contributed by atoms with Crippen molar-refractivity contribution in [2.75, 3.05) is 6.54 Å². The molecule has 2 aromatic rings.